The lowest BCUT2D eigenvalue weighted by atomic mass is 9.77. The van der Waals surface area contributed by atoms with Gasteiger partial charge >= 0.3 is 0 Å². The number of aryl methyl sites for hydroxylation is 1. The molecule has 0 unspecified atom stereocenters. The summed E-state index contributed by atoms with van der Waals surface area (Å²) in [6.45, 7) is 3.01. The SMILES string of the molecule is COc1ccc([C@@H]2Nc3ccc(C)cc3[C@@H]3OCCC[C@H]23)cc1. The summed E-state index contributed by atoms with van der Waals surface area (Å²) in [6.07, 6.45) is 2.53. The lowest BCUT2D eigenvalue weighted by Gasteiger charge is -2.43. The van der Waals surface area contributed by atoms with Crippen LogP contribution in [0.25, 0.3) is 0 Å². The largest absolute Gasteiger partial charge is 0.497 e. The predicted molar refractivity (Wildman–Crippen MR) is 92.0 cm³/mol. The second-order valence-electron chi connectivity index (χ2n) is 6.58. The minimum atomic E-state index is 0.201. The maximum absolute atomic E-state index is 6.20. The second kappa shape index (κ2) is 5.89. The maximum Gasteiger partial charge on any atom is 0.118 e. The van der Waals surface area contributed by atoms with E-state index in [0.29, 0.717) is 12.0 Å². The third-order valence-electron chi connectivity index (χ3n) is 5.10. The summed E-state index contributed by atoms with van der Waals surface area (Å²) in [5.41, 5.74) is 5.12. The van der Waals surface area contributed by atoms with E-state index in [4.69, 9.17) is 9.47 Å². The summed E-state index contributed by atoms with van der Waals surface area (Å²) in [7, 11) is 1.71. The summed E-state index contributed by atoms with van der Waals surface area (Å²) in [6, 6.07) is 15.3. The summed E-state index contributed by atoms with van der Waals surface area (Å²) in [5, 5.41) is 3.76. The first-order valence-corrected chi connectivity index (χ1v) is 8.39. The van der Waals surface area contributed by atoms with Crippen molar-refractivity contribution in [2.75, 3.05) is 19.0 Å². The molecule has 2 aromatic rings. The van der Waals surface area contributed by atoms with Crippen molar-refractivity contribution in [2.24, 2.45) is 5.92 Å². The van der Waals surface area contributed by atoms with Crippen LogP contribution >= 0.6 is 0 Å². The van der Waals surface area contributed by atoms with Crippen molar-refractivity contribution in [1.29, 1.82) is 0 Å². The Morgan fingerprint density at radius 2 is 1.96 bits per heavy atom. The highest BCUT2D eigenvalue weighted by molar-refractivity contribution is 5.58. The summed E-state index contributed by atoms with van der Waals surface area (Å²) in [4.78, 5) is 0. The molecule has 0 aromatic heterocycles. The zero-order valence-electron chi connectivity index (χ0n) is 13.7. The van der Waals surface area contributed by atoms with Gasteiger partial charge in [-0.2, -0.15) is 0 Å². The molecule has 0 bridgehead atoms. The number of hydrogen-bond donors (Lipinski definition) is 1. The molecule has 3 atom stereocenters. The number of hydrogen-bond acceptors (Lipinski definition) is 3. The molecule has 3 nitrogen and oxygen atoms in total. The summed E-state index contributed by atoms with van der Waals surface area (Å²) in [5.74, 6) is 1.38. The monoisotopic (exact) mass is 309 g/mol. The van der Waals surface area contributed by atoms with E-state index in [1.54, 1.807) is 7.11 Å². The molecule has 0 aliphatic carbocycles. The highest BCUT2D eigenvalue weighted by Crippen LogP contribution is 2.49. The third-order valence-corrected chi connectivity index (χ3v) is 5.10. The van der Waals surface area contributed by atoms with Crippen LogP contribution in [-0.2, 0) is 4.74 Å². The van der Waals surface area contributed by atoms with E-state index in [-0.39, 0.29) is 6.10 Å². The van der Waals surface area contributed by atoms with Gasteiger partial charge in [-0.3, -0.25) is 0 Å². The lowest BCUT2D eigenvalue weighted by Crippen LogP contribution is -2.36. The molecule has 0 amide bonds. The summed E-state index contributed by atoms with van der Waals surface area (Å²) >= 11 is 0. The van der Waals surface area contributed by atoms with Crippen molar-refractivity contribution in [1.82, 2.24) is 0 Å². The van der Waals surface area contributed by atoms with Gasteiger partial charge in [-0.05, 0) is 43.5 Å². The molecule has 0 saturated carbocycles. The molecule has 0 spiro atoms. The molecule has 1 N–H and O–H groups in total. The van der Waals surface area contributed by atoms with E-state index in [9.17, 15) is 0 Å². The van der Waals surface area contributed by atoms with E-state index in [1.807, 2.05) is 12.1 Å². The van der Waals surface area contributed by atoms with Crippen molar-refractivity contribution in [3.05, 3.63) is 59.2 Å². The van der Waals surface area contributed by atoms with Crippen molar-refractivity contribution in [3.63, 3.8) is 0 Å². The molecule has 120 valence electrons. The number of benzene rings is 2. The first-order valence-electron chi connectivity index (χ1n) is 8.39. The van der Waals surface area contributed by atoms with Crippen molar-refractivity contribution < 1.29 is 9.47 Å². The molecule has 23 heavy (non-hydrogen) atoms. The highest BCUT2D eigenvalue weighted by Gasteiger charge is 2.39. The zero-order valence-corrected chi connectivity index (χ0v) is 13.7. The van der Waals surface area contributed by atoms with Crippen LogP contribution in [0.3, 0.4) is 0 Å². The first-order chi connectivity index (χ1) is 11.3. The molecule has 1 saturated heterocycles. The molecule has 2 heterocycles. The van der Waals surface area contributed by atoms with Crippen LogP contribution in [-0.4, -0.2) is 13.7 Å². The van der Waals surface area contributed by atoms with E-state index < -0.39 is 0 Å². The van der Waals surface area contributed by atoms with Crippen LogP contribution in [0.2, 0.25) is 0 Å². The van der Waals surface area contributed by atoms with Crippen LogP contribution in [0.4, 0.5) is 5.69 Å². The summed E-state index contributed by atoms with van der Waals surface area (Å²) < 4.78 is 11.5. The smallest absolute Gasteiger partial charge is 0.118 e. The van der Waals surface area contributed by atoms with Crippen LogP contribution < -0.4 is 10.1 Å². The minimum Gasteiger partial charge on any atom is -0.497 e. The Balaban J connectivity index is 1.73. The Labute approximate surface area is 137 Å². The average molecular weight is 309 g/mol. The molecular formula is C20H23NO2. The lowest BCUT2D eigenvalue weighted by molar-refractivity contribution is -0.0381. The fourth-order valence-corrected chi connectivity index (χ4v) is 3.93. The Bertz CT molecular complexity index is 695. The van der Waals surface area contributed by atoms with Crippen LogP contribution in [0.1, 0.15) is 41.7 Å². The Morgan fingerprint density at radius 1 is 1.13 bits per heavy atom. The van der Waals surface area contributed by atoms with Crippen molar-refractivity contribution >= 4 is 5.69 Å². The minimum absolute atomic E-state index is 0.201. The average Bonchev–Trinajstić information content (AvgIpc) is 2.61. The molecule has 1 fully saturated rings. The van der Waals surface area contributed by atoms with Crippen molar-refractivity contribution in [3.8, 4) is 5.75 Å². The van der Waals surface area contributed by atoms with Gasteiger partial charge in [0.05, 0.1) is 19.3 Å². The molecule has 3 heteroatoms. The number of nitrogens with one attached hydrogen (secondary N) is 1. The number of ether oxygens (including phenoxy) is 2. The van der Waals surface area contributed by atoms with Gasteiger partial charge in [0.1, 0.15) is 5.75 Å². The molecule has 2 aliphatic rings. The van der Waals surface area contributed by atoms with Gasteiger partial charge in [-0.1, -0.05) is 29.8 Å². The Hall–Kier alpha value is -2.00. The Kier molecular flexibility index (Phi) is 3.74. The topological polar surface area (TPSA) is 30.5 Å². The molecule has 4 rings (SSSR count). The highest BCUT2D eigenvalue weighted by atomic mass is 16.5. The van der Waals surface area contributed by atoms with Gasteiger partial charge in [-0.15, -0.1) is 0 Å². The fraction of sp³-hybridized carbons (Fsp3) is 0.400. The molecule has 0 radical (unpaired) electrons. The van der Waals surface area contributed by atoms with E-state index in [0.717, 1.165) is 18.8 Å². The second-order valence-corrected chi connectivity index (χ2v) is 6.58. The molecule has 2 aromatic carbocycles. The maximum atomic E-state index is 6.20. The zero-order chi connectivity index (χ0) is 15.8. The van der Waals surface area contributed by atoms with Gasteiger partial charge in [0.2, 0.25) is 0 Å². The number of fused-ring (bicyclic) bond motifs is 3. The van der Waals surface area contributed by atoms with E-state index in [1.165, 1.54) is 28.8 Å². The standard InChI is InChI=1S/C20H23NO2/c1-13-5-10-18-17(12-13)20-16(4-3-11-23-20)19(21-18)14-6-8-15(22-2)9-7-14/h5-10,12,16,19-21H,3-4,11H2,1-2H3/t16-,19+,20-/m1/s1. The normalized spacial score (nSPS) is 25.9. The van der Waals surface area contributed by atoms with E-state index >= 15 is 0 Å². The third kappa shape index (κ3) is 2.59. The Morgan fingerprint density at radius 3 is 2.74 bits per heavy atom. The van der Waals surface area contributed by atoms with Crippen molar-refractivity contribution in [2.45, 2.75) is 31.9 Å². The molecular weight excluding hydrogens is 286 g/mol. The van der Waals surface area contributed by atoms with E-state index in [2.05, 4.69) is 42.6 Å². The number of rotatable bonds is 2. The van der Waals surface area contributed by atoms with Gasteiger partial charge in [0.15, 0.2) is 0 Å². The van der Waals surface area contributed by atoms with Crippen LogP contribution in [0.5, 0.6) is 5.75 Å². The van der Waals surface area contributed by atoms with Gasteiger partial charge in [0, 0.05) is 23.8 Å². The van der Waals surface area contributed by atoms with Gasteiger partial charge in [0.25, 0.3) is 0 Å². The molecule has 2 aliphatic heterocycles. The number of anilines is 1. The van der Waals surface area contributed by atoms with Crippen LogP contribution in [0.15, 0.2) is 42.5 Å². The number of methoxy groups -OCH3 is 1. The van der Waals surface area contributed by atoms with Gasteiger partial charge in [-0.25, -0.2) is 0 Å². The quantitative estimate of drug-likeness (QED) is 0.876. The van der Waals surface area contributed by atoms with Crippen LogP contribution in [0, 0.1) is 12.8 Å². The first kappa shape index (κ1) is 14.6. The van der Waals surface area contributed by atoms with Gasteiger partial charge < -0.3 is 14.8 Å². The predicted octanol–water partition coefficient (Wildman–Crippen LogP) is 4.64. The fourth-order valence-electron chi connectivity index (χ4n) is 3.93.